The summed E-state index contributed by atoms with van der Waals surface area (Å²) < 4.78 is 53.4. The lowest BCUT2D eigenvalue weighted by atomic mass is 9.99. The van der Waals surface area contributed by atoms with E-state index in [0.717, 1.165) is 10.5 Å². The van der Waals surface area contributed by atoms with Gasteiger partial charge in [0.25, 0.3) is 5.92 Å². The molecular formula is C36H52F2N4O7. The number of hydrogen-bond donors (Lipinski definition) is 1. The maximum atomic E-state index is 15.3. The topological polar surface area (TPSA) is 120 Å². The minimum atomic E-state index is -3.34. The number of hydrogen-bond acceptors (Lipinski definition) is 8. The molecule has 1 aromatic carbocycles. The molecule has 1 aliphatic rings. The molecule has 13 heteroatoms. The van der Waals surface area contributed by atoms with Crippen molar-refractivity contribution >= 4 is 24.1 Å². The van der Waals surface area contributed by atoms with Crippen molar-refractivity contribution in [3.8, 4) is 0 Å². The van der Waals surface area contributed by atoms with Crippen molar-refractivity contribution in [3.05, 3.63) is 59.3 Å². The molecule has 1 aliphatic heterocycles. The van der Waals surface area contributed by atoms with E-state index < -0.39 is 53.7 Å². The fourth-order valence-corrected chi connectivity index (χ4v) is 5.18. The summed E-state index contributed by atoms with van der Waals surface area (Å²) in [7, 11) is 0. The number of amides is 3. The average molecular weight is 691 g/mol. The Hall–Kier alpha value is -4.00. The number of ether oxygens (including phenoxy) is 4. The summed E-state index contributed by atoms with van der Waals surface area (Å²) in [6, 6.07) is 10.9. The van der Waals surface area contributed by atoms with Crippen LogP contribution >= 0.6 is 0 Å². The second-order valence-electron chi connectivity index (χ2n) is 15.4. The molecule has 1 aromatic heterocycles. The molecule has 3 rings (SSSR count). The fourth-order valence-electron chi connectivity index (χ4n) is 5.18. The van der Waals surface area contributed by atoms with Gasteiger partial charge < -0.3 is 23.8 Å². The Morgan fingerprint density at radius 1 is 0.898 bits per heavy atom. The summed E-state index contributed by atoms with van der Waals surface area (Å²) >= 11 is 0. The van der Waals surface area contributed by atoms with Crippen LogP contribution in [0, 0.1) is 12.8 Å². The molecule has 49 heavy (non-hydrogen) atoms. The predicted molar refractivity (Wildman–Crippen MR) is 182 cm³/mol. The number of aromatic nitrogens is 1. The zero-order valence-corrected chi connectivity index (χ0v) is 30.4. The van der Waals surface area contributed by atoms with E-state index in [9.17, 15) is 14.4 Å². The van der Waals surface area contributed by atoms with Crippen molar-refractivity contribution in [3.63, 3.8) is 0 Å². The Morgan fingerprint density at radius 3 is 2.10 bits per heavy atom. The summed E-state index contributed by atoms with van der Waals surface area (Å²) in [5.41, 5.74) is -1.03. The SMILES string of the molecule is Cc1cc(CC2CN(C(=O)OC(C)(C)C)CC2OCCN(CC(F)(F)c2ccccc2)C(=O)OC(C)(C)C)nc(NC(=O)OC(C)(C)C)c1. The standard InChI is InChI=1S/C36H52F2N4O7/c1-24-18-27(39-29(19-24)40-30(43)47-33(2,3)4)20-25-21-42(32(45)49-35(8,9)10)22-28(25)46-17-16-41(31(44)48-34(5,6)7)23-36(37,38)26-14-12-11-13-15-26/h11-15,18-19,25,28H,16-17,20-23H2,1-10H3,(H,39,40,43). The largest absolute Gasteiger partial charge is 0.444 e. The quantitative estimate of drug-likeness (QED) is 0.254. The Balaban J connectivity index is 1.80. The van der Waals surface area contributed by atoms with Gasteiger partial charge in [0.1, 0.15) is 22.6 Å². The number of pyridine rings is 1. The summed E-state index contributed by atoms with van der Waals surface area (Å²) in [6.45, 7) is 16.8. The van der Waals surface area contributed by atoms with Gasteiger partial charge in [0, 0.05) is 30.3 Å². The van der Waals surface area contributed by atoms with Crippen LogP contribution in [0.3, 0.4) is 0 Å². The van der Waals surface area contributed by atoms with Crippen LogP contribution in [0.1, 0.15) is 79.1 Å². The molecule has 0 saturated carbocycles. The molecular weight excluding hydrogens is 638 g/mol. The molecule has 11 nitrogen and oxygen atoms in total. The Morgan fingerprint density at radius 2 is 1.51 bits per heavy atom. The van der Waals surface area contributed by atoms with Crippen molar-refractivity contribution in [2.24, 2.45) is 5.92 Å². The van der Waals surface area contributed by atoms with E-state index in [1.165, 1.54) is 24.3 Å². The number of likely N-dealkylation sites (tertiary alicyclic amines) is 1. The summed E-state index contributed by atoms with van der Waals surface area (Å²) in [6.07, 6.45) is -2.20. The van der Waals surface area contributed by atoms with Crippen LogP contribution < -0.4 is 5.32 Å². The van der Waals surface area contributed by atoms with Crippen LogP contribution in [-0.2, 0) is 31.3 Å². The highest BCUT2D eigenvalue weighted by molar-refractivity contribution is 5.83. The number of alkyl halides is 2. The van der Waals surface area contributed by atoms with Gasteiger partial charge in [-0.2, -0.15) is 8.78 Å². The smallest absolute Gasteiger partial charge is 0.413 e. The molecule has 1 N–H and O–H groups in total. The molecule has 2 heterocycles. The van der Waals surface area contributed by atoms with Gasteiger partial charge in [-0.15, -0.1) is 0 Å². The first-order chi connectivity index (χ1) is 22.5. The average Bonchev–Trinajstić information content (AvgIpc) is 3.32. The van der Waals surface area contributed by atoms with E-state index >= 15 is 8.78 Å². The van der Waals surface area contributed by atoms with Gasteiger partial charge in [0.15, 0.2) is 0 Å². The molecule has 1 fully saturated rings. The molecule has 0 radical (unpaired) electrons. The first-order valence-electron chi connectivity index (χ1n) is 16.5. The third-order valence-electron chi connectivity index (χ3n) is 7.09. The van der Waals surface area contributed by atoms with Crippen LogP contribution in [0.5, 0.6) is 0 Å². The number of nitrogens with one attached hydrogen (secondary N) is 1. The molecule has 272 valence electrons. The molecule has 3 amide bonds. The van der Waals surface area contributed by atoms with Crippen LogP contribution in [0.2, 0.25) is 0 Å². The number of anilines is 1. The van der Waals surface area contributed by atoms with E-state index in [-0.39, 0.29) is 37.7 Å². The third-order valence-corrected chi connectivity index (χ3v) is 7.09. The van der Waals surface area contributed by atoms with E-state index in [1.807, 2.05) is 13.0 Å². The van der Waals surface area contributed by atoms with Crippen molar-refractivity contribution in [1.29, 1.82) is 0 Å². The Labute approximate surface area is 288 Å². The van der Waals surface area contributed by atoms with E-state index in [4.69, 9.17) is 18.9 Å². The van der Waals surface area contributed by atoms with Gasteiger partial charge in [-0.3, -0.25) is 10.2 Å². The van der Waals surface area contributed by atoms with Gasteiger partial charge in [-0.25, -0.2) is 19.4 Å². The predicted octanol–water partition coefficient (Wildman–Crippen LogP) is 7.56. The van der Waals surface area contributed by atoms with Crippen molar-refractivity contribution in [2.75, 3.05) is 38.1 Å². The minimum Gasteiger partial charge on any atom is -0.444 e. The molecule has 0 bridgehead atoms. The van der Waals surface area contributed by atoms with Crippen LogP contribution in [-0.4, -0.2) is 88.8 Å². The van der Waals surface area contributed by atoms with E-state index in [2.05, 4.69) is 10.3 Å². The molecule has 2 unspecified atom stereocenters. The normalized spacial score (nSPS) is 17.0. The molecule has 2 aromatic rings. The highest BCUT2D eigenvalue weighted by Crippen LogP contribution is 2.30. The Bertz CT molecular complexity index is 1440. The Kier molecular flexibility index (Phi) is 12.6. The maximum Gasteiger partial charge on any atom is 0.413 e. The minimum absolute atomic E-state index is 0.0971. The van der Waals surface area contributed by atoms with Gasteiger partial charge in [-0.05, 0) is 93.4 Å². The van der Waals surface area contributed by atoms with Gasteiger partial charge in [0.2, 0.25) is 0 Å². The molecule has 1 saturated heterocycles. The summed E-state index contributed by atoms with van der Waals surface area (Å²) in [5.74, 6) is -3.29. The van der Waals surface area contributed by atoms with Gasteiger partial charge >= 0.3 is 18.3 Å². The van der Waals surface area contributed by atoms with E-state index in [0.29, 0.717) is 17.9 Å². The lowest BCUT2D eigenvalue weighted by Gasteiger charge is -2.31. The number of aryl methyl sites for hydroxylation is 1. The highest BCUT2D eigenvalue weighted by Gasteiger charge is 2.40. The second kappa shape index (κ2) is 15.7. The zero-order chi connectivity index (χ0) is 36.8. The van der Waals surface area contributed by atoms with Crippen LogP contribution in [0.15, 0.2) is 42.5 Å². The highest BCUT2D eigenvalue weighted by atomic mass is 19.3. The number of carbonyl (C=O) groups is 3. The van der Waals surface area contributed by atoms with Crippen LogP contribution in [0.4, 0.5) is 29.0 Å². The molecule has 2 atom stereocenters. The van der Waals surface area contributed by atoms with Gasteiger partial charge in [-0.1, -0.05) is 30.3 Å². The summed E-state index contributed by atoms with van der Waals surface area (Å²) in [4.78, 5) is 45.7. The third kappa shape index (κ3) is 13.4. The lowest BCUT2D eigenvalue weighted by molar-refractivity contribution is -0.0559. The first-order valence-corrected chi connectivity index (χ1v) is 16.5. The van der Waals surface area contributed by atoms with E-state index in [1.54, 1.807) is 79.3 Å². The number of halogens is 2. The number of nitrogens with zero attached hydrogens (tertiary/aromatic N) is 3. The van der Waals surface area contributed by atoms with Gasteiger partial charge in [0.05, 0.1) is 25.8 Å². The zero-order valence-electron chi connectivity index (χ0n) is 30.4. The lowest BCUT2D eigenvalue weighted by Crippen LogP contribution is -2.44. The van der Waals surface area contributed by atoms with Crippen molar-refractivity contribution < 1.29 is 42.1 Å². The van der Waals surface area contributed by atoms with Crippen molar-refractivity contribution in [2.45, 2.75) is 104 Å². The fraction of sp³-hybridized carbons (Fsp3) is 0.611. The number of benzene rings is 1. The second-order valence-corrected chi connectivity index (χ2v) is 15.4. The maximum absolute atomic E-state index is 15.3. The number of carbonyl (C=O) groups excluding carboxylic acids is 3. The first kappa shape index (κ1) is 39.4. The molecule has 0 spiro atoms. The number of rotatable bonds is 10. The monoisotopic (exact) mass is 690 g/mol. The van der Waals surface area contributed by atoms with Crippen molar-refractivity contribution in [1.82, 2.24) is 14.8 Å². The molecule has 0 aliphatic carbocycles. The summed E-state index contributed by atoms with van der Waals surface area (Å²) in [5, 5.41) is 2.67. The van der Waals surface area contributed by atoms with Crippen LogP contribution in [0.25, 0.3) is 0 Å².